The minimum atomic E-state index is -1.84. The minimum Gasteiger partial charge on any atom is -0.365 e. The van der Waals surface area contributed by atoms with Gasteiger partial charge >= 0.3 is 0 Å². The molecule has 0 spiro atoms. The summed E-state index contributed by atoms with van der Waals surface area (Å²) in [6, 6.07) is 5.73. The number of hydrogen-bond donors (Lipinski definition) is 2. The van der Waals surface area contributed by atoms with Crippen molar-refractivity contribution in [2.45, 2.75) is 39.7 Å². The Morgan fingerprint density at radius 3 is 2.82 bits per heavy atom. The van der Waals surface area contributed by atoms with Crippen LogP contribution in [0.2, 0.25) is 4.34 Å². The minimum absolute atomic E-state index is 0.0863. The fourth-order valence-corrected chi connectivity index (χ4v) is 4.74. The Bertz CT molecular complexity index is 875. The summed E-state index contributed by atoms with van der Waals surface area (Å²) in [6.45, 7) is 7.56. The molecular weight excluding hydrogens is 420 g/mol. The number of carbonyl (C=O) groups is 1. The molecule has 0 radical (unpaired) electrons. The molecule has 3 heterocycles. The van der Waals surface area contributed by atoms with E-state index in [-0.39, 0.29) is 17.7 Å². The second kappa shape index (κ2) is 8.62. The van der Waals surface area contributed by atoms with Gasteiger partial charge in [-0.25, -0.2) is 4.21 Å². The van der Waals surface area contributed by atoms with E-state index in [4.69, 9.17) is 16.2 Å². The normalized spacial score (nSPS) is 19.1. The predicted molar refractivity (Wildman–Crippen MR) is 114 cm³/mol. The summed E-state index contributed by atoms with van der Waals surface area (Å²) < 4.78 is 22.4. The predicted octanol–water partition coefficient (Wildman–Crippen LogP) is 3.86. The van der Waals surface area contributed by atoms with E-state index in [1.165, 1.54) is 16.0 Å². The summed E-state index contributed by atoms with van der Waals surface area (Å²) in [4.78, 5) is 15.9. The Hall–Kier alpha value is -1.26. The number of rotatable bonds is 6. The summed E-state index contributed by atoms with van der Waals surface area (Å²) in [7, 11) is 0. The highest BCUT2D eigenvalue weighted by atomic mass is 35.5. The van der Waals surface area contributed by atoms with Crippen LogP contribution >= 0.6 is 22.9 Å². The van der Waals surface area contributed by atoms with E-state index < -0.39 is 16.5 Å². The monoisotopic (exact) mass is 444 g/mol. The van der Waals surface area contributed by atoms with Crippen molar-refractivity contribution in [3.8, 4) is 0 Å². The maximum Gasteiger partial charge on any atom is 0.254 e. The topological polar surface area (TPSA) is 87.5 Å². The Balaban J connectivity index is 1.81. The van der Waals surface area contributed by atoms with Crippen LogP contribution in [0, 0.1) is 5.41 Å². The van der Waals surface area contributed by atoms with Gasteiger partial charge in [-0.15, -0.1) is 11.3 Å². The zero-order valence-corrected chi connectivity index (χ0v) is 18.5. The van der Waals surface area contributed by atoms with E-state index in [1.807, 2.05) is 43.9 Å². The van der Waals surface area contributed by atoms with Gasteiger partial charge in [-0.2, -0.15) is 9.78 Å². The lowest BCUT2D eigenvalue weighted by molar-refractivity contribution is 0.0751. The molecule has 1 saturated heterocycles. The Labute approximate surface area is 176 Å². The smallest absolute Gasteiger partial charge is 0.254 e. The van der Waals surface area contributed by atoms with Crippen LogP contribution in [0.1, 0.15) is 48.5 Å². The molecule has 1 aliphatic rings. The van der Waals surface area contributed by atoms with Gasteiger partial charge in [0.15, 0.2) is 11.1 Å². The summed E-state index contributed by atoms with van der Waals surface area (Å²) in [6.07, 6.45) is 0.845. The highest BCUT2D eigenvalue weighted by Gasteiger charge is 2.31. The molecule has 2 N–H and O–H groups in total. The summed E-state index contributed by atoms with van der Waals surface area (Å²) >= 11 is 5.65. The standard InChI is InChI=1S/C18H25ClN4O3S2/c1-18(2,3)17(24)23-16(20-9-13-4-5-15(19)27-13)8-14(21-23)12-6-7-22(10-12)11-28(25)26/h4-5,8,12,20H,6-7,9-11H2,1-3H3,(H,25,26). The number of nitrogens with one attached hydrogen (secondary N) is 1. The Morgan fingerprint density at radius 2 is 2.21 bits per heavy atom. The second-order valence-corrected chi connectivity index (χ2v) is 10.7. The van der Waals surface area contributed by atoms with Crippen LogP contribution in [-0.2, 0) is 17.6 Å². The van der Waals surface area contributed by atoms with Crippen molar-refractivity contribution in [2.24, 2.45) is 5.41 Å². The number of anilines is 1. The third-order valence-corrected chi connectivity index (χ3v) is 6.44. The molecule has 10 heteroatoms. The van der Waals surface area contributed by atoms with Crippen molar-refractivity contribution < 1.29 is 13.6 Å². The fourth-order valence-electron chi connectivity index (χ4n) is 3.17. The molecule has 2 aromatic heterocycles. The van der Waals surface area contributed by atoms with Crippen molar-refractivity contribution in [2.75, 3.05) is 24.3 Å². The first kappa shape index (κ1) is 21.4. The molecule has 28 heavy (non-hydrogen) atoms. The molecule has 0 bridgehead atoms. The van der Waals surface area contributed by atoms with E-state index in [1.54, 1.807) is 0 Å². The van der Waals surface area contributed by atoms with Crippen LogP contribution in [-0.4, -0.2) is 48.3 Å². The number of thiophene rings is 1. The number of aromatic nitrogens is 2. The highest BCUT2D eigenvalue weighted by Crippen LogP contribution is 2.30. The second-order valence-electron chi connectivity index (χ2n) is 7.99. The maximum absolute atomic E-state index is 12.9. The highest BCUT2D eigenvalue weighted by molar-refractivity contribution is 7.79. The average molecular weight is 445 g/mol. The number of hydrogen-bond acceptors (Lipinski definition) is 6. The third-order valence-electron chi connectivity index (χ3n) is 4.62. The van der Waals surface area contributed by atoms with E-state index in [0.717, 1.165) is 27.9 Å². The largest absolute Gasteiger partial charge is 0.365 e. The molecule has 2 atom stereocenters. The van der Waals surface area contributed by atoms with E-state index in [9.17, 15) is 9.00 Å². The lowest BCUT2D eigenvalue weighted by Crippen LogP contribution is -2.29. The van der Waals surface area contributed by atoms with Gasteiger partial charge in [-0.1, -0.05) is 32.4 Å². The van der Waals surface area contributed by atoms with Crippen LogP contribution in [0.5, 0.6) is 0 Å². The van der Waals surface area contributed by atoms with E-state index in [0.29, 0.717) is 18.9 Å². The molecule has 7 nitrogen and oxygen atoms in total. The van der Waals surface area contributed by atoms with Crippen molar-refractivity contribution in [3.05, 3.63) is 33.1 Å². The van der Waals surface area contributed by atoms with Crippen LogP contribution in [0.4, 0.5) is 5.82 Å². The first-order chi connectivity index (χ1) is 13.1. The van der Waals surface area contributed by atoms with Crippen LogP contribution in [0.15, 0.2) is 18.2 Å². The molecule has 1 aliphatic heterocycles. The summed E-state index contributed by atoms with van der Waals surface area (Å²) in [5, 5.41) is 7.92. The lowest BCUT2D eigenvalue weighted by atomic mass is 9.96. The first-order valence-electron chi connectivity index (χ1n) is 9.06. The maximum atomic E-state index is 12.9. The summed E-state index contributed by atoms with van der Waals surface area (Å²) in [5.41, 5.74) is 0.261. The van der Waals surface area contributed by atoms with Crippen LogP contribution < -0.4 is 5.32 Å². The van der Waals surface area contributed by atoms with Gasteiger partial charge in [0, 0.05) is 28.8 Å². The quantitative estimate of drug-likeness (QED) is 0.657. The first-order valence-corrected chi connectivity index (χ1v) is 11.5. The van der Waals surface area contributed by atoms with Gasteiger partial charge in [0.05, 0.1) is 16.6 Å². The van der Waals surface area contributed by atoms with Gasteiger partial charge in [-0.3, -0.25) is 9.69 Å². The van der Waals surface area contributed by atoms with Gasteiger partial charge in [-0.05, 0) is 25.1 Å². The van der Waals surface area contributed by atoms with Gasteiger partial charge in [0.25, 0.3) is 5.91 Å². The van der Waals surface area contributed by atoms with Gasteiger partial charge in [0.2, 0.25) is 0 Å². The van der Waals surface area contributed by atoms with Gasteiger partial charge < -0.3 is 9.87 Å². The van der Waals surface area contributed by atoms with Crippen molar-refractivity contribution in [1.29, 1.82) is 0 Å². The fraction of sp³-hybridized carbons (Fsp3) is 0.556. The zero-order valence-electron chi connectivity index (χ0n) is 16.1. The average Bonchev–Trinajstić information content (AvgIpc) is 3.30. The molecule has 154 valence electrons. The molecule has 3 rings (SSSR count). The molecule has 0 aliphatic carbocycles. The van der Waals surface area contributed by atoms with Crippen molar-refractivity contribution in [1.82, 2.24) is 14.7 Å². The Morgan fingerprint density at radius 1 is 1.46 bits per heavy atom. The van der Waals surface area contributed by atoms with Gasteiger partial charge in [0.1, 0.15) is 11.7 Å². The molecule has 0 amide bonds. The molecule has 2 aromatic rings. The molecule has 1 fully saturated rings. The number of carbonyl (C=O) groups excluding carboxylic acids is 1. The molecular formula is C18H25ClN4O3S2. The van der Waals surface area contributed by atoms with E-state index >= 15 is 0 Å². The third kappa shape index (κ3) is 5.21. The van der Waals surface area contributed by atoms with Crippen LogP contribution in [0.25, 0.3) is 0 Å². The van der Waals surface area contributed by atoms with Crippen molar-refractivity contribution >= 4 is 45.7 Å². The SMILES string of the molecule is CC(C)(C)C(=O)n1nc(C2CCN(CS(=O)O)C2)cc1NCc1ccc(Cl)s1. The van der Waals surface area contributed by atoms with E-state index in [2.05, 4.69) is 10.4 Å². The zero-order chi connectivity index (χ0) is 20.5. The molecule has 0 saturated carbocycles. The Kier molecular flexibility index (Phi) is 6.61. The molecule has 0 aromatic carbocycles. The molecule has 2 unspecified atom stereocenters. The van der Waals surface area contributed by atoms with Crippen LogP contribution in [0.3, 0.4) is 0 Å². The van der Waals surface area contributed by atoms with Crippen molar-refractivity contribution in [3.63, 3.8) is 0 Å². The number of nitrogens with zero attached hydrogens (tertiary/aromatic N) is 3. The summed E-state index contributed by atoms with van der Waals surface area (Å²) in [5.74, 6) is 0.845. The number of halogens is 1. The lowest BCUT2D eigenvalue weighted by Gasteiger charge is -2.18. The number of likely N-dealkylation sites (tertiary alicyclic amines) is 1.